The number of amides is 3. The van der Waals surface area contributed by atoms with Crippen LogP contribution in [0.25, 0.3) is 11.0 Å². The van der Waals surface area contributed by atoms with Crippen molar-refractivity contribution in [3.63, 3.8) is 0 Å². The summed E-state index contributed by atoms with van der Waals surface area (Å²) >= 11 is 0. The minimum Gasteiger partial charge on any atom is -0.444 e. The zero-order valence-electron chi connectivity index (χ0n) is 22.3. The van der Waals surface area contributed by atoms with Gasteiger partial charge < -0.3 is 19.9 Å². The van der Waals surface area contributed by atoms with Gasteiger partial charge in [-0.25, -0.2) is 14.6 Å². The number of piperazine rings is 1. The minimum absolute atomic E-state index is 0.00722. The van der Waals surface area contributed by atoms with Gasteiger partial charge in [0.15, 0.2) is 0 Å². The zero-order valence-corrected chi connectivity index (χ0v) is 22.3. The van der Waals surface area contributed by atoms with Crippen molar-refractivity contribution in [2.75, 3.05) is 41.3 Å². The number of pyridine rings is 1. The minimum atomic E-state index is -0.525. The molecule has 0 radical (unpaired) electrons. The summed E-state index contributed by atoms with van der Waals surface area (Å²) in [4.78, 5) is 37.8. The molecular formula is C26H34N8O3. The number of anilines is 3. The molecule has 2 aromatic heterocycles. The van der Waals surface area contributed by atoms with Crippen molar-refractivity contribution in [2.24, 2.45) is 7.05 Å². The molecule has 1 N–H and O–H groups in total. The van der Waals surface area contributed by atoms with Crippen LogP contribution in [0.4, 0.5) is 26.8 Å². The Labute approximate surface area is 216 Å². The number of aromatic nitrogens is 4. The smallest absolute Gasteiger partial charge is 0.410 e. The molecule has 4 heterocycles. The maximum absolute atomic E-state index is 13.3. The fourth-order valence-electron chi connectivity index (χ4n) is 5.03. The number of carbonyl (C=O) groups excluding carboxylic acids is 2. The lowest BCUT2D eigenvalue weighted by molar-refractivity contribution is 0.0159. The molecule has 1 atom stereocenters. The Morgan fingerprint density at radius 2 is 1.84 bits per heavy atom. The molecule has 2 aliphatic heterocycles. The third kappa shape index (κ3) is 4.90. The number of ether oxygens (including phenoxy) is 1. The van der Waals surface area contributed by atoms with Crippen LogP contribution in [-0.4, -0.2) is 74.8 Å². The van der Waals surface area contributed by atoms with E-state index in [9.17, 15) is 9.59 Å². The molecule has 1 fully saturated rings. The van der Waals surface area contributed by atoms with E-state index < -0.39 is 5.60 Å². The van der Waals surface area contributed by atoms with Gasteiger partial charge in [0.2, 0.25) is 0 Å². The zero-order chi connectivity index (χ0) is 26.5. The molecule has 1 saturated heterocycles. The molecule has 0 unspecified atom stereocenters. The summed E-state index contributed by atoms with van der Waals surface area (Å²) in [6, 6.07) is 5.54. The van der Waals surface area contributed by atoms with Crippen molar-refractivity contribution in [3.8, 4) is 0 Å². The summed E-state index contributed by atoms with van der Waals surface area (Å²) in [5, 5.41) is 11.7. The highest BCUT2D eigenvalue weighted by atomic mass is 16.6. The van der Waals surface area contributed by atoms with Gasteiger partial charge in [0.1, 0.15) is 22.5 Å². The van der Waals surface area contributed by atoms with Gasteiger partial charge in [0, 0.05) is 62.4 Å². The lowest BCUT2D eigenvalue weighted by Crippen LogP contribution is -2.55. The van der Waals surface area contributed by atoms with E-state index in [1.54, 1.807) is 23.0 Å². The molecule has 0 spiro atoms. The Balaban J connectivity index is 1.31. The summed E-state index contributed by atoms with van der Waals surface area (Å²) in [7, 11) is 1.77. The number of nitrogens with one attached hydrogen (secondary N) is 1. The van der Waals surface area contributed by atoms with Crippen molar-refractivity contribution in [2.45, 2.75) is 52.7 Å². The second-order valence-corrected chi connectivity index (χ2v) is 10.8. The first-order valence-electron chi connectivity index (χ1n) is 12.6. The van der Waals surface area contributed by atoms with E-state index >= 15 is 0 Å². The summed E-state index contributed by atoms with van der Waals surface area (Å²) in [6.45, 7) is 12.1. The molecular weight excluding hydrogens is 472 g/mol. The quantitative estimate of drug-likeness (QED) is 0.564. The fourth-order valence-corrected chi connectivity index (χ4v) is 5.03. The summed E-state index contributed by atoms with van der Waals surface area (Å²) in [5.74, 6) is 0.676. The molecule has 3 amide bonds. The van der Waals surface area contributed by atoms with Gasteiger partial charge in [0.05, 0.1) is 0 Å². The molecule has 3 aromatic rings. The van der Waals surface area contributed by atoms with Gasteiger partial charge >= 0.3 is 12.1 Å². The first-order valence-corrected chi connectivity index (χ1v) is 12.6. The Hall–Kier alpha value is -3.89. The van der Waals surface area contributed by atoms with Crippen molar-refractivity contribution < 1.29 is 14.3 Å². The molecule has 37 heavy (non-hydrogen) atoms. The molecule has 196 valence electrons. The molecule has 2 aliphatic rings. The van der Waals surface area contributed by atoms with E-state index in [1.165, 1.54) is 4.80 Å². The van der Waals surface area contributed by atoms with Crippen LogP contribution < -0.4 is 15.1 Å². The average molecular weight is 507 g/mol. The van der Waals surface area contributed by atoms with Crippen molar-refractivity contribution >= 4 is 40.4 Å². The Kier molecular flexibility index (Phi) is 6.17. The van der Waals surface area contributed by atoms with Crippen LogP contribution in [0.15, 0.2) is 24.4 Å². The van der Waals surface area contributed by atoms with Crippen LogP contribution >= 0.6 is 0 Å². The molecule has 11 nitrogen and oxygen atoms in total. The van der Waals surface area contributed by atoms with Crippen LogP contribution in [0.5, 0.6) is 0 Å². The van der Waals surface area contributed by atoms with Crippen LogP contribution in [0, 0.1) is 6.92 Å². The molecule has 11 heteroatoms. The highest BCUT2D eigenvalue weighted by molar-refractivity contribution is 6.04. The third-order valence-corrected chi connectivity index (χ3v) is 6.76. The first-order chi connectivity index (χ1) is 17.5. The van der Waals surface area contributed by atoms with Crippen LogP contribution in [0.3, 0.4) is 0 Å². The summed E-state index contributed by atoms with van der Waals surface area (Å²) in [6.07, 6.45) is 2.19. The lowest BCUT2D eigenvalue weighted by atomic mass is 10.1. The van der Waals surface area contributed by atoms with Crippen LogP contribution in [0.1, 0.15) is 38.8 Å². The number of fused-ring (bicyclic) bond motifs is 2. The lowest BCUT2D eigenvalue weighted by Gasteiger charge is -2.41. The number of hydrogen-bond acceptors (Lipinski definition) is 7. The van der Waals surface area contributed by atoms with Crippen LogP contribution in [0.2, 0.25) is 0 Å². The number of benzene rings is 1. The number of urea groups is 1. The molecule has 1 aromatic carbocycles. The van der Waals surface area contributed by atoms with E-state index in [0.29, 0.717) is 37.7 Å². The van der Waals surface area contributed by atoms with E-state index in [0.717, 1.165) is 34.3 Å². The second kappa shape index (κ2) is 9.20. The monoisotopic (exact) mass is 506 g/mol. The highest BCUT2D eigenvalue weighted by Crippen LogP contribution is 2.35. The Bertz CT molecular complexity index is 1360. The van der Waals surface area contributed by atoms with E-state index in [-0.39, 0.29) is 18.2 Å². The number of carbonyl (C=O) groups is 2. The van der Waals surface area contributed by atoms with Gasteiger partial charge in [-0.05, 0) is 64.8 Å². The Morgan fingerprint density at radius 3 is 2.54 bits per heavy atom. The van der Waals surface area contributed by atoms with Crippen molar-refractivity contribution in [1.29, 1.82) is 0 Å². The van der Waals surface area contributed by atoms with Crippen LogP contribution in [-0.2, 0) is 18.2 Å². The van der Waals surface area contributed by atoms with Gasteiger partial charge in [0.25, 0.3) is 0 Å². The molecule has 0 aliphatic carbocycles. The fraction of sp³-hybridized carbons (Fsp3) is 0.500. The predicted molar refractivity (Wildman–Crippen MR) is 142 cm³/mol. The van der Waals surface area contributed by atoms with E-state index in [2.05, 4.69) is 25.4 Å². The molecule has 0 saturated carbocycles. The number of nitrogens with zero attached hydrogens (tertiary/aromatic N) is 7. The maximum Gasteiger partial charge on any atom is 0.410 e. The summed E-state index contributed by atoms with van der Waals surface area (Å²) in [5.41, 5.74) is 4.73. The SMILES string of the molecule is Cc1cc2nn(C)nc2cc1NC(=O)N1CCc2c(N3CCN(C(=O)OC(C)(C)C)[C@H](C)C3)ccnc21. The van der Waals surface area contributed by atoms with E-state index in [1.807, 2.05) is 52.8 Å². The van der Waals surface area contributed by atoms with Gasteiger partial charge in [-0.3, -0.25) is 4.90 Å². The highest BCUT2D eigenvalue weighted by Gasteiger charge is 2.34. The van der Waals surface area contributed by atoms with E-state index in [4.69, 9.17) is 4.74 Å². The molecule has 0 bridgehead atoms. The second-order valence-electron chi connectivity index (χ2n) is 10.8. The van der Waals surface area contributed by atoms with Gasteiger partial charge in [-0.2, -0.15) is 15.0 Å². The average Bonchev–Trinajstić information content (AvgIpc) is 3.40. The topological polar surface area (TPSA) is 109 Å². The first kappa shape index (κ1) is 24.8. The molecule has 5 rings (SSSR count). The number of aryl methyl sites for hydroxylation is 2. The van der Waals surface area contributed by atoms with Crippen molar-refractivity contribution in [3.05, 3.63) is 35.5 Å². The van der Waals surface area contributed by atoms with Crippen molar-refractivity contribution in [1.82, 2.24) is 24.9 Å². The summed E-state index contributed by atoms with van der Waals surface area (Å²) < 4.78 is 5.58. The Morgan fingerprint density at radius 1 is 1.11 bits per heavy atom. The maximum atomic E-state index is 13.3. The van der Waals surface area contributed by atoms with Gasteiger partial charge in [-0.15, -0.1) is 0 Å². The standard InChI is InChI=1S/C26H34N8O3/c1-16-13-20-21(30-31(6)29-20)14-19(16)28-24(35)34-10-8-18-22(7-9-27-23(18)34)32-11-12-33(17(2)15-32)25(36)37-26(3,4)5/h7,9,13-14,17H,8,10-12,15H2,1-6H3,(H,28,35)/t17-/m1/s1. The third-order valence-electron chi connectivity index (χ3n) is 6.76. The largest absolute Gasteiger partial charge is 0.444 e. The number of rotatable bonds is 2. The normalized spacial score (nSPS) is 17.8. The van der Waals surface area contributed by atoms with Gasteiger partial charge in [-0.1, -0.05) is 0 Å². The predicted octanol–water partition coefficient (Wildman–Crippen LogP) is 3.71. The number of hydrogen-bond donors (Lipinski definition) is 1.